The zero-order valence-electron chi connectivity index (χ0n) is 21.8. The normalized spacial score (nSPS) is 20.4. The summed E-state index contributed by atoms with van der Waals surface area (Å²) in [5, 5.41) is 10.9. The molecule has 2 N–H and O–H groups in total. The van der Waals surface area contributed by atoms with Crippen molar-refractivity contribution in [1.29, 1.82) is 5.26 Å². The molecule has 2 fully saturated rings. The number of alkyl halides is 1. The summed E-state index contributed by atoms with van der Waals surface area (Å²) in [5.41, 5.74) is 10.4. The van der Waals surface area contributed by atoms with Crippen molar-refractivity contribution in [3.8, 4) is 28.7 Å². The summed E-state index contributed by atoms with van der Waals surface area (Å²) in [5.74, 6) is -0.273. The molecule has 6 rings (SSSR count). The second kappa shape index (κ2) is 10.2. The third-order valence-electron chi connectivity index (χ3n) is 7.54. The molecule has 200 valence electrons. The molecule has 0 aliphatic carbocycles. The molecule has 10 heteroatoms. The Morgan fingerprint density at radius 1 is 1.00 bits per heavy atom. The number of nitrogens with two attached hydrogens (primary N) is 1. The second-order valence-corrected chi connectivity index (χ2v) is 10.3. The van der Waals surface area contributed by atoms with Crippen LogP contribution in [-0.4, -0.2) is 71.7 Å². The van der Waals surface area contributed by atoms with Crippen molar-refractivity contribution < 1.29 is 8.78 Å². The SMILES string of the molecule is CN1CCN(n2c(-c3ccc(C#N)c(F)c3)nc3c(N4CCCC(N)C4)cc(-c4ccccc4)nc32)C(F)C1. The van der Waals surface area contributed by atoms with Gasteiger partial charge in [-0.25, -0.2) is 23.4 Å². The summed E-state index contributed by atoms with van der Waals surface area (Å²) in [4.78, 5) is 14.2. The van der Waals surface area contributed by atoms with Crippen LogP contribution in [0.15, 0.2) is 54.6 Å². The molecule has 0 saturated carbocycles. The van der Waals surface area contributed by atoms with Crippen LogP contribution >= 0.6 is 0 Å². The Balaban J connectivity index is 1.63. The molecule has 2 aromatic carbocycles. The number of hydrogen-bond donors (Lipinski definition) is 1. The number of likely N-dealkylation sites (N-methyl/N-ethyl adjacent to an activating group) is 1. The van der Waals surface area contributed by atoms with Crippen LogP contribution in [-0.2, 0) is 0 Å². The Morgan fingerprint density at radius 2 is 1.82 bits per heavy atom. The third kappa shape index (κ3) is 4.68. The van der Waals surface area contributed by atoms with Gasteiger partial charge in [0.05, 0.1) is 23.5 Å². The zero-order valence-corrected chi connectivity index (χ0v) is 21.8. The highest BCUT2D eigenvalue weighted by Crippen LogP contribution is 2.36. The minimum atomic E-state index is -1.32. The van der Waals surface area contributed by atoms with Gasteiger partial charge in [-0.3, -0.25) is 9.91 Å². The van der Waals surface area contributed by atoms with Crippen molar-refractivity contribution in [3.63, 3.8) is 0 Å². The Labute approximate surface area is 225 Å². The predicted molar refractivity (Wildman–Crippen MR) is 148 cm³/mol. The van der Waals surface area contributed by atoms with Crippen molar-refractivity contribution in [2.24, 2.45) is 5.73 Å². The molecular weight excluding hydrogens is 498 g/mol. The van der Waals surface area contributed by atoms with E-state index < -0.39 is 12.1 Å². The fourth-order valence-electron chi connectivity index (χ4n) is 5.50. The van der Waals surface area contributed by atoms with E-state index in [1.165, 1.54) is 12.1 Å². The first-order valence-electron chi connectivity index (χ1n) is 13.2. The number of pyridine rings is 1. The first kappa shape index (κ1) is 25.2. The van der Waals surface area contributed by atoms with Crippen molar-refractivity contribution in [3.05, 3.63) is 66.0 Å². The first-order chi connectivity index (χ1) is 18.9. The van der Waals surface area contributed by atoms with Crippen molar-refractivity contribution >= 4 is 16.9 Å². The van der Waals surface area contributed by atoms with E-state index in [4.69, 9.17) is 15.7 Å². The molecule has 2 saturated heterocycles. The van der Waals surface area contributed by atoms with Gasteiger partial charge in [0.25, 0.3) is 0 Å². The maximum Gasteiger partial charge on any atom is 0.198 e. The third-order valence-corrected chi connectivity index (χ3v) is 7.54. The van der Waals surface area contributed by atoms with E-state index in [2.05, 4.69) is 4.90 Å². The average Bonchev–Trinajstić information content (AvgIpc) is 3.32. The fourth-order valence-corrected chi connectivity index (χ4v) is 5.50. The number of fused-ring (bicyclic) bond motifs is 1. The Morgan fingerprint density at radius 3 is 2.54 bits per heavy atom. The summed E-state index contributed by atoms with van der Waals surface area (Å²) in [7, 11) is 1.89. The highest BCUT2D eigenvalue weighted by atomic mass is 19.1. The summed E-state index contributed by atoms with van der Waals surface area (Å²) in [6.45, 7) is 2.74. The molecule has 0 bridgehead atoms. The molecule has 39 heavy (non-hydrogen) atoms. The molecule has 0 radical (unpaired) electrons. The summed E-state index contributed by atoms with van der Waals surface area (Å²) >= 11 is 0. The monoisotopic (exact) mass is 528 g/mol. The van der Waals surface area contributed by atoms with Crippen molar-refractivity contribution in [2.75, 3.05) is 49.7 Å². The number of hydrogen-bond acceptors (Lipinski definition) is 7. The van der Waals surface area contributed by atoms with Gasteiger partial charge < -0.3 is 10.6 Å². The maximum atomic E-state index is 15.7. The van der Waals surface area contributed by atoms with Gasteiger partial charge in [-0.1, -0.05) is 30.3 Å². The van der Waals surface area contributed by atoms with E-state index in [1.807, 2.05) is 54.4 Å². The van der Waals surface area contributed by atoms with Crippen LogP contribution in [0, 0.1) is 17.1 Å². The predicted octanol–water partition coefficient (Wildman–Crippen LogP) is 3.88. The topological polar surface area (TPSA) is 90.2 Å². The molecule has 2 aromatic heterocycles. The number of benzene rings is 2. The molecule has 4 aromatic rings. The highest BCUT2D eigenvalue weighted by Gasteiger charge is 2.32. The number of halogens is 2. The molecule has 2 aliphatic rings. The number of anilines is 1. The van der Waals surface area contributed by atoms with Crippen LogP contribution in [0.1, 0.15) is 18.4 Å². The number of aromatic nitrogens is 3. The lowest BCUT2D eigenvalue weighted by Crippen LogP contribution is -2.55. The van der Waals surface area contributed by atoms with E-state index in [1.54, 1.807) is 15.8 Å². The maximum absolute atomic E-state index is 15.7. The molecule has 2 aliphatic heterocycles. The molecule has 2 atom stereocenters. The number of piperazine rings is 1. The van der Waals surface area contributed by atoms with E-state index in [0.29, 0.717) is 42.2 Å². The average molecular weight is 529 g/mol. The van der Waals surface area contributed by atoms with Gasteiger partial charge in [-0.15, -0.1) is 0 Å². The highest BCUT2D eigenvalue weighted by molar-refractivity contribution is 5.92. The van der Waals surface area contributed by atoms with E-state index in [-0.39, 0.29) is 18.2 Å². The zero-order chi connectivity index (χ0) is 27.1. The van der Waals surface area contributed by atoms with Crippen LogP contribution in [0.3, 0.4) is 0 Å². The van der Waals surface area contributed by atoms with Crippen LogP contribution in [0.2, 0.25) is 0 Å². The summed E-state index contributed by atoms with van der Waals surface area (Å²) < 4.78 is 32.2. The second-order valence-electron chi connectivity index (χ2n) is 10.3. The minimum absolute atomic E-state index is 0.0316. The molecular formula is C29H30F2N8. The summed E-state index contributed by atoms with van der Waals surface area (Å²) in [6, 6.07) is 18.1. The van der Waals surface area contributed by atoms with Gasteiger partial charge in [-0.2, -0.15) is 5.26 Å². The lowest BCUT2D eigenvalue weighted by Gasteiger charge is -2.38. The van der Waals surface area contributed by atoms with Gasteiger partial charge >= 0.3 is 0 Å². The molecule has 4 heterocycles. The minimum Gasteiger partial charge on any atom is -0.368 e. The molecule has 0 spiro atoms. The van der Waals surface area contributed by atoms with Gasteiger partial charge in [0.1, 0.15) is 17.4 Å². The quantitative estimate of drug-likeness (QED) is 0.402. The molecule has 8 nitrogen and oxygen atoms in total. The van der Waals surface area contributed by atoms with Crippen LogP contribution < -0.4 is 15.6 Å². The van der Waals surface area contributed by atoms with Gasteiger partial charge in [0, 0.05) is 43.3 Å². The number of nitrogens with zero attached hydrogens (tertiary/aromatic N) is 7. The van der Waals surface area contributed by atoms with E-state index in [9.17, 15) is 9.65 Å². The standard InChI is InChI=1S/C29H30F2N8/c1-36-12-13-38(26(31)18-36)39-28(20-9-10-21(16-32)23(30)14-20)35-27-25(37-11-5-8-22(33)17-37)15-24(34-29(27)39)19-6-3-2-4-7-19/h2-4,6-7,9-10,14-15,22,26H,5,8,11-13,17-18,33H2,1H3. The largest absolute Gasteiger partial charge is 0.368 e. The molecule has 0 amide bonds. The number of nitriles is 1. The van der Waals surface area contributed by atoms with E-state index in [0.717, 1.165) is 36.3 Å². The van der Waals surface area contributed by atoms with Crippen LogP contribution in [0.5, 0.6) is 0 Å². The Hall–Kier alpha value is -4.07. The van der Waals surface area contributed by atoms with E-state index >= 15 is 4.39 Å². The lowest BCUT2D eigenvalue weighted by molar-refractivity contribution is 0.151. The smallest absolute Gasteiger partial charge is 0.198 e. The van der Waals surface area contributed by atoms with Crippen LogP contribution in [0.25, 0.3) is 33.8 Å². The number of piperidine rings is 1. The van der Waals surface area contributed by atoms with Gasteiger partial charge in [0.15, 0.2) is 17.8 Å². The first-order valence-corrected chi connectivity index (χ1v) is 13.2. The van der Waals surface area contributed by atoms with Gasteiger partial charge in [0.2, 0.25) is 0 Å². The fraction of sp³-hybridized carbons (Fsp3) is 0.345. The Kier molecular flexibility index (Phi) is 6.62. The summed E-state index contributed by atoms with van der Waals surface area (Å²) in [6.07, 6.45) is 0.577. The van der Waals surface area contributed by atoms with Crippen molar-refractivity contribution in [2.45, 2.75) is 25.2 Å². The molecule has 2 unspecified atom stereocenters. The number of imidazole rings is 1. The van der Waals surface area contributed by atoms with Crippen LogP contribution in [0.4, 0.5) is 14.5 Å². The Bertz CT molecular complexity index is 1550. The van der Waals surface area contributed by atoms with Gasteiger partial charge in [-0.05, 0) is 44.2 Å². The number of rotatable bonds is 4. The van der Waals surface area contributed by atoms with Crippen molar-refractivity contribution in [1.82, 2.24) is 19.5 Å². The lowest BCUT2D eigenvalue weighted by atomic mass is 10.0.